The van der Waals surface area contributed by atoms with Gasteiger partial charge >= 0.3 is 19.1 Å². The number of carboxylic acid groups (broad SMARTS) is 1. The van der Waals surface area contributed by atoms with Gasteiger partial charge in [0.15, 0.2) is 0 Å². The molecule has 17 heavy (non-hydrogen) atoms. The Morgan fingerprint density at radius 3 is 2.88 bits per heavy atom. The van der Waals surface area contributed by atoms with E-state index in [1.54, 1.807) is 6.07 Å². The topological polar surface area (TPSA) is 110 Å². The SMILES string of the molecule is NC(Cc1ccc2c(c1)B(O)OC2=O)C(=O)O. The van der Waals surface area contributed by atoms with Crippen LogP contribution in [0.25, 0.3) is 0 Å². The maximum atomic E-state index is 11.2. The van der Waals surface area contributed by atoms with E-state index in [0.717, 1.165) is 0 Å². The Morgan fingerprint density at radius 1 is 1.53 bits per heavy atom. The number of carbonyl (C=O) groups is 2. The predicted molar refractivity (Wildman–Crippen MR) is 58.8 cm³/mol. The van der Waals surface area contributed by atoms with Gasteiger partial charge in [0.2, 0.25) is 0 Å². The van der Waals surface area contributed by atoms with E-state index in [1.807, 2.05) is 0 Å². The van der Waals surface area contributed by atoms with Gasteiger partial charge in [0.05, 0.1) is 5.56 Å². The van der Waals surface area contributed by atoms with Crippen molar-refractivity contribution in [3.8, 4) is 0 Å². The molecule has 2 rings (SSSR count). The molecule has 4 N–H and O–H groups in total. The molecule has 0 aromatic heterocycles. The maximum absolute atomic E-state index is 11.2. The summed E-state index contributed by atoms with van der Waals surface area (Å²) in [5.41, 5.74) is 6.68. The smallest absolute Gasteiger partial charge is 0.502 e. The van der Waals surface area contributed by atoms with Gasteiger partial charge in [-0.15, -0.1) is 0 Å². The van der Waals surface area contributed by atoms with Gasteiger partial charge in [-0.05, 0) is 18.1 Å². The average Bonchev–Trinajstić information content (AvgIpc) is 2.54. The minimum Gasteiger partial charge on any atom is -0.502 e. The van der Waals surface area contributed by atoms with Crippen LogP contribution in [0.15, 0.2) is 18.2 Å². The number of benzene rings is 1. The van der Waals surface area contributed by atoms with Crippen LogP contribution >= 0.6 is 0 Å². The summed E-state index contributed by atoms with van der Waals surface area (Å²) in [6.45, 7) is 0. The number of aliphatic carboxylic acids is 1. The van der Waals surface area contributed by atoms with Crippen LogP contribution in [0.3, 0.4) is 0 Å². The Morgan fingerprint density at radius 2 is 2.24 bits per heavy atom. The zero-order valence-corrected chi connectivity index (χ0v) is 8.79. The first-order valence-corrected chi connectivity index (χ1v) is 4.99. The molecule has 1 aromatic rings. The van der Waals surface area contributed by atoms with Crippen molar-refractivity contribution in [1.82, 2.24) is 0 Å². The highest BCUT2D eigenvalue weighted by Crippen LogP contribution is 2.12. The molecule has 0 bridgehead atoms. The highest BCUT2D eigenvalue weighted by molar-refractivity contribution is 6.66. The summed E-state index contributed by atoms with van der Waals surface area (Å²) < 4.78 is 4.61. The molecule has 1 unspecified atom stereocenters. The van der Waals surface area contributed by atoms with Crippen LogP contribution in [0.1, 0.15) is 15.9 Å². The Bertz CT molecular complexity index is 490. The van der Waals surface area contributed by atoms with Gasteiger partial charge in [0.1, 0.15) is 6.04 Å². The highest BCUT2D eigenvalue weighted by atomic mass is 16.6. The van der Waals surface area contributed by atoms with E-state index in [1.165, 1.54) is 12.1 Å². The third-order valence-corrected chi connectivity index (χ3v) is 2.59. The third kappa shape index (κ3) is 2.15. The van der Waals surface area contributed by atoms with Crippen LogP contribution in [0.2, 0.25) is 0 Å². The first-order chi connectivity index (χ1) is 7.99. The summed E-state index contributed by atoms with van der Waals surface area (Å²) in [5, 5.41) is 18.1. The largest absolute Gasteiger partial charge is 0.563 e. The van der Waals surface area contributed by atoms with Crippen LogP contribution in [-0.4, -0.2) is 35.2 Å². The van der Waals surface area contributed by atoms with Crippen molar-refractivity contribution in [3.05, 3.63) is 29.3 Å². The minimum atomic E-state index is -1.28. The monoisotopic (exact) mass is 235 g/mol. The highest BCUT2D eigenvalue weighted by Gasteiger charge is 2.35. The van der Waals surface area contributed by atoms with Crippen LogP contribution in [0.4, 0.5) is 0 Å². The number of hydrogen-bond acceptors (Lipinski definition) is 5. The van der Waals surface area contributed by atoms with Crippen molar-refractivity contribution in [2.75, 3.05) is 0 Å². The Balaban J connectivity index is 2.26. The first kappa shape index (κ1) is 11.6. The number of nitrogens with two attached hydrogens (primary N) is 1. The molecule has 0 saturated heterocycles. The van der Waals surface area contributed by atoms with Gasteiger partial charge < -0.3 is 20.5 Å². The molecule has 1 aromatic carbocycles. The Kier molecular flexibility index (Phi) is 2.87. The summed E-state index contributed by atoms with van der Waals surface area (Å²) in [5.74, 6) is -1.68. The maximum Gasteiger partial charge on any atom is 0.563 e. The predicted octanol–water partition coefficient (Wildman–Crippen LogP) is -1.50. The van der Waals surface area contributed by atoms with Crippen LogP contribution in [0.5, 0.6) is 0 Å². The van der Waals surface area contributed by atoms with Crippen molar-refractivity contribution >= 4 is 24.5 Å². The van der Waals surface area contributed by atoms with E-state index in [0.29, 0.717) is 16.6 Å². The lowest BCUT2D eigenvalue weighted by atomic mass is 9.78. The number of rotatable bonds is 3. The molecular formula is C10H10BNO5. The normalized spacial score (nSPS) is 15.4. The molecule has 7 heteroatoms. The summed E-state index contributed by atoms with van der Waals surface area (Å²) in [6.07, 6.45) is 0.128. The minimum absolute atomic E-state index is 0.128. The molecule has 0 saturated carbocycles. The second kappa shape index (κ2) is 4.19. The van der Waals surface area contributed by atoms with Gasteiger partial charge in [0.25, 0.3) is 0 Å². The molecule has 0 fully saturated rings. The summed E-state index contributed by atoms with van der Waals surface area (Å²) >= 11 is 0. The van der Waals surface area contributed by atoms with Crippen LogP contribution in [0, 0.1) is 0 Å². The fourth-order valence-corrected chi connectivity index (χ4v) is 1.70. The summed E-state index contributed by atoms with van der Waals surface area (Å²) in [7, 11) is -1.28. The van der Waals surface area contributed by atoms with Crippen molar-refractivity contribution in [1.29, 1.82) is 0 Å². The van der Waals surface area contributed by atoms with Gasteiger partial charge in [-0.1, -0.05) is 12.1 Å². The van der Waals surface area contributed by atoms with E-state index in [9.17, 15) is 14.6 Å². The summed E-state index contributed by atoms with van der Waals surface area (Å²) in [6, 6.07) is 3.62. The zero-order valence-electron chi connectivity index (χ0n) is 8.79. The number of carbonyl (C=O) groups excluding carboxylic acids is 1. The van der Waals surface area contributed by atoms with Crippen molar-refractivity contribution in [2.45, 2.75) is 12.5 Å². The molecule has 6 nitrogen and oxygen atoms in total. The second-order valence-electron chi connectivity index (χ2n) is 3.83. The average molecular weight is 235 g/mol. The molecular weight excluding hydrogens is 225 g/mol. The summed E-state index contributed by atoms with van der Waals surface area (Å²) in [4.78, 5) is 21.8. The molecule has 0 spiro atoms. The fraction of sp³-hybridized carbons (Fsp3) is 0.200. The van der Waals surface area contributed by atoms with Crippen LogP contribution in [-0.2, 0) is 15.9 Å². The fourth-order valence-electron chi connectivity index (χ4n) is 1.70. The molecule has 88 valence electrons. The molecule has 1 aliphatic rings. The van der Waals surface area contributed by atoms with Gasteiger partial charge in [-0.2, -0.15) is 0 Å². The van der Waals surface area contributed by atoms with Crippen molar-refractivity contribution in [3.63, 3.8) is 0 Å². The zero-order chi connectivity index (χ0) is 12.6. The van der Waals surface area contributed by atoms with Crippen molar-refractivity contribution in [2.24, 2.45) is 5.73 Å². The first-order valence-electron chi connectivity index (χ1n) is 4.99. The second-order valence-corrected chi connectivity index (χ2v) is 3.83. The van der Waals surface area contributed by atoms with E-state index in [4.69, 9.17) is 10.8 Å². The standard InChI is InChI=1S/C10H10BNO5/c12-8(9(13)14)4-5-1-2-6-7(3-5)11(16)17-10(6)15/h1-3,8,16H,4,12H2,(H,13,14). The van der Waals surface area contributed by atoms with Gasteiger partial charge in [-0.25, -0.2) is 4.79 Å². The number of fused-ring (bicyclic) bond motifs is 1. The van der Waals surface area contributed by atoms with E-state index in [2.05, 4.69) is 4.65 Å². The third-order valence-electron chi connectivity index (χ3n) is 2.59. The number of hydrogen-bond donors (Lipinski definition) is 3. The molecule has 0 aliphatic carbocycles. The molecule has 1 aliphatic heterocycles. The van der Waals surface area contributed by atoms with Gasteiger partial charge in [-0.3, -0.25) is 4.79 Å². The molecule has 0 amide bonds. The molecule has 1 atom stereocenters. The van der Waals surface area contributed by atoms with E-state index in [-0.39, 0.29) is 6.42 Å². The Labute approximate surface area is 97.1 Å². The molecule has 0 radical (unpaired) electrons. The Hall–Kier alpha value is -1.86. The lowest BCUT2D eigenvalue weighted by Gasteiger charge is -2.07. The lowest BCUT2D eigenvalue weighted by molar-refractivity contribution is -0.138. The van der Waals surface area contributed by atoms with Crippen LogP contribution < -0.4 is 11.2 Å². The van der Waals surface area contributed by atoms with E-state index < -0.39 is 25.1 Å². The van der Waals surface area contributed by atoms with Gasteiger partial charge in [0, 0.05) is 5.46 Å². The number of carboxylic acids is 1. The quantitative estimate of drug-likeness (QED) is 0.550. The lowest BCUT2D eigenvalue weighted by Crippen LogP contribution is -2.33. The van der Waals surface area contributed by atoms with E-state index >= 15 is 0 Å². The molecule has 1 heterocycles. The van der Waals surface area contributed by atoms with Crippen molar-refractivity contribution < 1.29 is 24.4 Å².